The monoisotopic (exact) mass is 329 g/mol. The van der Waals surface area contributed by atoms with E-state index in [0.717, 1.165) is 42.6 Å². The zero-order chi connectivity index (χ0) is 17.5. The predicted octanol–water partition coefficient (Wildman–Crippen LogP) is 2.40. The number of rotatable bonds is 6. The van der Waals surface area contributed by atoms with Crippen molar-refractivity contribution in [3.05, 3.63) is 29.3 Å². The van der Waals surface area contributed by atoms with Crippen LogP contribution in [0.2, 0.25) is 0 Å². The SMILES string of the molecule is Cc1cccc(N(CCC#N)C(=O)CN2CCCCC2CO)c1C. The topological polar surface area (TPSA) is 67.6 Å². The van der Waals surface area contributed by atoms with Crippen LogP contribution < -0.4 is 4.90 Å². The second kappa shape index (κ2) is 8.81. The Morgan fingerprint density at radius 3 is 2.92 bits per heavy atom. The number of piperidine rings is 1. The molecule has 5 nitrogen and oxygen atoms in total. The van der Waals surface area contributed by atoms with Crippen LogP contribution in [-0.2, 0) is 4.79 Å². The van der Waals surface area contributed by atoms with Gasteiger partial charge in [-0.15, -0.1) is 0 Å². The summed E-state index contributed by atoms with van der Waals surface area (Å²) in [7, 11) is 0. The molecule has 1 N–H and O–H groups in total. The van der Waals surface area contributed by atoms with E-state index in [4.69, 9.17) is 5.26 Å². The summed E-state index contributed by atoms with van der Waals surface area (Å²) in [4.78, 5) is 16.7. The molecule has 1 aliphatic heterocycles. The summed E-state index contributed by atoms with van der Waals surface area (Å²) < 4.78 is 0. The number of benzene rings is 1. The van der Waals surface area contributed by atoms with Gasteiger partial charge in [-0.3, -0.25) is 9.69 Å². The first kappa shape index (κ1) is 18.4. The number of amides is 1. The lowest BCUT2D eigenvalue weighted by Crippen LogP contribution is -2.48. The molecule has 1 unspecified atom stereocenters. The second-order valence-electron chi connectivity index (χ2n) is 6.48. The first-order valence-electron chi connectivity index (χ1n) is 8.67. The van der Waals surface area contributed by atoms with Crippen LogP contribution in [0.1, 0.15) is 36.8 Å². The van der Waals surface area contributed by atoms with Gasteiger partial charge in [0, 0.05) is 18.3 Å². The molecule has 1 aromatic carbocycles. The molecule has 24 heavy (non-hydrogen) atoms. The first-order valence-corrected chi connectivity index (χ1v) is 8.67. The van der Waals surface area contributed by atoms with E-state index in [9.17, 15) is 9.90 Å². The number of aliphatic hydroxyl groups excluding tert-OH is 1. The van der Waals surface area contributed by atoms with Crippen LogP contribution in [0.15, 0.2) is 18.2 Å². The Labute approximate surface area is 144 Å². The fourth-order valence-corrected chi connectivity index (χ4v) is 3.30. The molecule has 1 heterocycles. The minimum atomic E-state index is -0.000648. The summed E-state index contributed by atoms with van der Waals surface area (Å²) in [6, 6.07) is 8.12. The molecule has 0 saturated carbocycles. The Morgan fingerprint density at radius 2 is 2.21 bits per heavy atom. The smallest absolute Gasteiger partial charge is 0.241 e. The summed E-state index contributed by atoms with van der Waals surface area (Å²) >= 11 is 0. The fraction of sp³-hybridized carbons (Fsp3) is 0.579. The van der Waals surface area contributed by atoms with Crippen molar-refractivity contribution in [2.24, 2.45) is 0 Å². The van der Waals surface area contributed by atoms with Crippen molar-refractivity contribution >= 4 is 11.6 Å². The standard InChI is InChI=1S/C19H27N3O2/c1-15-7-5-9-18(16(15)2)22(12-6-10-20)19(24)13-21-11-4-3-8-17(21)14-23/h5,7,9,17,23H,3-4,6,8,11-14H2,1-2H3. The second-order valence-corrected chi connectivity index (χ2v) is 6.48. The van der Waals surface area contributed by atoms with Gasteiger partial charge in [0.2, 0.25) is 5.91 Å². The van der Waals surface area contributed by atoms with Gasteiger partial charge in [-0.25, -0.2) is 0 Å². The van der Waals surface area contributed by atoms with Crippen molar-refractivity contribution in [2.45, 2.75) is 45.6 Å². The summed E-state index contributed by atoms with van der Waals surface area (Å²) in [5.41, 5.74) is 3.09. The van der Waals surface area contributed by atoms with Gasteiger partial charge in [-0.05, 0) is 50.4 Å². The maximum Gasteiger partial charge on any atom is 0.241 e. The average Bonchev–Trinajstić information content (AvgIpc) is 2.59. The molecular formula is C19H27N3O2. The zero-order valence-corrected chi connectivity index (χ0v) is 14.7. The Morgan fingerprint density at radius 1 is 1.42 bits per heavy atom. The molecular weight excluding hydrogens is 302 g/mol. The lowest BCUT2D eigenvalue weighted by atomic mass is 10.0. The summed E-state index contributed by atoms with van der Waals surface area (Å²) in [5, 5.41) is 18.5. The molecule has 1 aliphatic rings. The van der Waals surface area contributed by atoms with Crippen LogP contribution in [0.5, 0.6) is 0 Å². The minimum Gasteiger partial charge on any atom is -0.395 e. The fourth-order valence-electron chi connectivity index (χ4n) is 3.30. The molecule has 5 heteroatoms. The highest BCUT2D eigenvalue weighted by Gasteiger charge is 2.26. The van der Waals surface area contributed by atoms with Crippen molar-refractivity contribution in [1.29, 1.82) is 5.26 Å². The van der Waals surface area contributed by atoms with E-state index in [1.807, 2.05) is 32.0 Å². The number of aliphatic hydroxyl groups is 1. The lowest BCUT2D eigenvalue weighted by Gasteiger charge is -2.35. The number of hydrogen-bond acceptors (Lipinski definition) is 4. The van der Waals surface area contributed by atoms with Gasteiger partial charge in [0.15, 0.2) is 0 Å². The van der Waals surface area contributed by atoms with E-state index in [1.54, 1.807) is 4.90 Å². The highest BCUT2D eigenvalue weighted by atomic mass is 16.3. The van der Waals surface area contributed by atoms with Crippen molar-refractivity contribution in [3.63, 3.8) is 0 Å². The Bertz CT molecular complexity index is 609. The van der Waals surface area contributed by atoms with Crippen LogP contribution in [0.4, 0.5) is 5.69 Å². The van der Waals surface area contributed by atoms with Crippen molar-refractivity contribution in [2.75, 3.05) is 31.1 Å². The third-order valence-electron chi connectivity index (χ3n) is 4.91. The van der Waals surface area contributed by atoms with Crippen LogP contribution in [0, 0.1) is 25.2 Å². The van der Waals surface area contributed by atoms with Gasteiger partial charge in [-0.1, -0.05) is 18.6 Å². The number of aryl methyl sites for hydroxylation is 1. The van der Waals surface area contributed by atoms with Crippen LogP contribution in [-0.4, -0.2) is 48.2 Å². The van der Waals surface area contributed by atoms with E-state index < -0.39 is 0 Å². The number of carbonyl (C=O) groups excluding carboxylic acids is 1. The number of hydrogen-bond donors (Lipinski definition) is 1. The van der Waals surface area contributed by atoms with Gasteiger partial charge in [-0.2, -0.15) is 5.26 Å². The predicted molar refractivity (Wildman–Crippen MR) is 94.8 cm³/mol. The van der Waals surface area contributed by atoms with Gasteiger partial charge in [0.05, 0.1) is 25.6 Å². The molecule has 130 valence electrons. The van der Waals surface area contributed by atoms with Gasteiger partial charge < -0.3 is 10.0 Å². The van der Waals surface area contributed by atoms with Gasteiger partial charge >= 0.3 is 0 Å². The highest BCUT2D eigenvalue weighted by Crippen LogP contribution is 2.24. The zero-order valence-electron chi connectivity index (χ0n) is 14.7. The van der Waals surface area contributed by atoms with E-state index in [-0.39, 0.29) is 18.6 Å². The average molecular weight is 329 g/mol. The van der Waals surface area contributed by atoms with Crippen LogP contribution in [0.25, 0.3) is 0 Å². The Hall–Kier alpha value is -1.90. The van der Waals surface area contributed by atoms with E-state index in [1.165, 1.54) is 0 Å². The number of carbonyl (C=O) groups is 1. The number of nitriles is 1. The molecule has 0 radical (unpaired) electrons. The molecule has 0 spiro atoms. The molecule has 1 aromatic rings. The van der Waals surface area contributed by atoms with Crippen LogP contribution >= 0.6 is 0 Å². The maximum absolute atomic E-state index is 12.9. The molecule has 0 aliphatic carbocycles. The molecule has 2 rings (SSSR count). The Kier molecular flexibility index (Phi) is 6.77. The van der Waals surface area contributed by atoms with Crippen molar-refractivity contribution in [3.8, 4) is 6.07 Å². The first-order chi connectivity index (χ1) is 11.6. The number of likely N-dealkylation sites (tertiary alicyclic amines) is 1. The molecule has 0 aromatic heterocycles. The van der Waals surface area contributed by atoms with Gasteiger partial charge in [0.25, 0.3) is 0 Å². The van der Waals surface area contributed by atoms with E-state index in [2.05, 4.69) is 11.0 Å². The summed E-state index contributed by atoms with van der Waals surface area (Å²) in [6.07, 6.45) is 3.41. The molecule has 1 amide bonds. The quantitative estimate of drug-likeness (QED) is 0.870. The lowest BCUT2D eigenvalue weighted by molar-refractivity contribution is -0.120. The van der Waals surface area contributed by atoms with Gasteiger partial charge in [0.1, 0.15) is 0 Å². The van der Waals surface area contributed by atoms with Crippen molar-refractivity contribution < 1.29 is 9.90 Å². The Balaban J connectivity index is 2.19. The summed E-state index contributed by atoms with van der Waals surface area (Å²) in [5.74, 6) is -0.000648. The van der Waals surface area contributed by atoms with E-state index >= 15 is 0 Å². The summed E-state index contributed by atoms with van der Waals surface area (Å²) in [6.45, 7) is 5.67. The molecule has 1 atom stereocenters. The number of nitrogens with zero attached hydrogens (tertiary/aromatic N) is 3. The minimum absolute atomic E-state index is 0.000648. The van der Waals surface area contributed by atoms with Crippen molar-refractivity contribution in [1.82, 2.24) is 4.90 Å². The highest BCUT2D eigenvalue weighted by molar-refractivity contribution is 5.95. The number of anilines is 1. The molecule has 1 saturated heterocycles. The molecule has 1 fully saturated rings. The molecule has 0 bridgehead atoms. The van der Waals surface area contributed by atoms with E-state index in [0.29, 0.717) is 19.5 Å². The normalized spacial score (nSPS) is 18.2. The third-order valence-corrected chi connectivity index (χ3v) is 4.91. The van der Waals surface area contributed by atoms with Crippen LogP contribution in [0.3, 0.4) is 0 Å². The largest absolute Gasteiger partial charge is 0.395 e. The third kappa shape index (κ3) is 4.34. The maximum atomic E-state index is 12.9.